The summed E-state index contributed by atoms with van der Waals surface area (Å²) >= 11 is 0. The van der Waals surface area contributed by atoms with E-state index in [1.54, 1.807) is 36.4 Å². The molecule has 168 valence electrons. The predicted molar refractivity (Wildman–Crippen MR) is 125 cm³/mol. The van der Waals surface area contributed by atoms with Crippen LogP contribution in [0.5, 0.6) is 5.75 Å². The van der Waals surface area contributed by atoms with Crippen LogP contribution in [-0.2, 0) is 0 Å². The molecule has 0 radical (unpaired) electrons. The number of benzene rings is 2. The lowest BCUT2D eigenvalue weighted by Gasteiger charge is -2.08. The van der Waals surface area contributed by atoms with Crippen LogP contribution in [0.1, 0.15) is 91.8 Å². The van der Waals surface area contributed by atoms with Crippen molar-refractivity contribution < 1.29 is 19.4 Å². The molecule has 0 aliphatic rings. The van der Waals surface area contributed by atoms with Crippen LogP contribution in [0.25, 0.3) is 0 Å². The Morgan fingerprint density at radius 2 is 1.26 bits per heavy atom. The summed E-state index contributed by atoms with van der Waals surface area (Å²) < 4.78 is 5.78. The first-order chi connectivity index (χ1) is 15.1. The molecule has 0 atom stereocenters. The highest BCUT2D eigenvalue weighted by molar-refractivity contribution is 6.04. The third-order valence-electron chi connectivity index (χ3n) is 5.27. The fraction of sp³-hybridized carbons (Fsp3) is 0.462. The first-order valence-electron chi connectivity index (χ1n) is 11.5. The number of hydrogen-bond donors (Lipinski definition) is 2. The van der Waals surface area contributed by atoms with Crippen molar-refractivity contribution >= 4 is 17.6 Å². The van der Waals surface area contributed by atoms with Gasteiger partial charge in [-0.25, -0.2) is 4.79 Å². The van der Waals surface area contributed by atoms with Gasteiger partial charge in [-0.15, -0.1) is 0 Å². The molecule has 2 rings (SSSR count). The maximum absolute atomic E-state index is 12.3. The summed E-state index contributed by atoms with van der Waals surface area (Å²) in [6.45, 7) is 2.94. The van der Waals surface area contributed by atoms with Crippen molar-refractivity contribution in [3.8, 4) is 5.75 Å². The van der Waals surface area contributed by atoms with Gasteiger partial charge in [-0.3, -0.25) is 4.79 Å². The second kappa shape index (κ2) is 14.2. The molecule has 0 fully saturated rings. The zero-order chi connectivity index (χ0) is 22.3. The molecule has 0 aliphatic carbocycles. The lowest BCUT2D eigenvalue weighted by molar-refractivity contribution is 0.0696. The number of rotatable bonds is 15. The quantitative estimate of drug-likeness (QED) is 0.303. The summed E-state index contributed by atoms with van der Waals surface area (Å²) in [4.78, 5) is 23.2. The van der Waals surface area contributed by atoms with Crippen LogP contribution in [0, 0.1) is 0 Å². The highest BCUT2D eigenvalue weighted by atomic mass is 16.5. The number of carboxylic acid groups (broad SMARTS) is 1. The van der Waals surface area contributed by atoms with E-state index in [0.717, 1.165) is 12.2 Å². The monoisotopic (exact) mass is 425 g/mol. The first kappa shape index (κ1) is 24.4. The molecule has 0 aliphatic heterocycles. The third-order valence-corrected chi connectivity index (χ3v) is 5.27. The summed E-state index contributed by atoms with van der Waals surface area (Å²) in [7, 11) is 0. The normalized spacial score (nSPS) is 10.6. The van der Waals surface area contributed by atoms with Gasteiger partial charge in [-0.1, -0.05) is 64.7 Å². The average molecular weight is 426 g/mol. The number of carbonyl (C=O) groups excluding carboxylic acids is 1. The van der Waals surface area contributed by atoms with E-state index in [1.165, 1.54) is 69.9 Å². The molecular weight excluding hydrogens is 390 g/mol. The Balaban J connectivity index is 1.61. The largest absolute Gasteiger partial charge is 0.494 e. The number of unbranched alkanes of at least 4 members (excludes halogenated alkanes) is 9. The highest BCUT2D eigenvalue weighted by Gasteiger charge is 2.08. The minimum atomic E-state index is -0.994. The van der Waals surface area contributed by atoms with Crippen LogP contribution in [-0.4, -0.2) is 23.6 Å². The molecule has 2 aromatic carbocycles. The number of aromatic carboxylic acids is 1. The number of carboxylic acids is 1. The maximum Gasteiger partial charge on any atom is 0.335 e. The van der Waals surface area contributed by atoms with Gasteiger partial charge < -0.3 is 15.2 Å². The zero-order valence-electron chi connectivity index (χ0n) is 18.6. The summed E-state index contributed by atoms with van der Waals surface area (Å²) in [5.74, 6) is -0.478. The second-order valence-electron chi connectivity index (χ2n) is 7.89. The number of ether oxygens (including phenoxy) is 1. The Hall–Kier alpha value is -2.82. The van der Waals surface area contributed by atoms with Gasteiger partial charge in [0.25, 0.3) is 5.91 Å². The lowest BCUT2D eigenvalue weighted by Crippen LogP contribution is -2.12. The third kappa shape index (κ3) is 9.69. The Morgan fingerprint density at radius 3 is 1.81 bits per heavy atom. The minimum absolute atomic E-state index is 0.182. The zero-order valence-corrected chi connectivity index (χ0v) is 18.6. The number of carbonyl (C=O) groups is 2. The van der Waals surface area contributed by atoms with Crippen molar-refractivity contribution in [1.29, 1.82) is 0 Å². The molecule has 5 nitrogen and oxygen atoms in total. The van der Waals surface area contributed by atoms with Crippen molar-refractivity contribution in [2.75, 3.05) is 11.9 Å². The summed E-state index contributed by atoms with van der Waals surface area (Å²) in [6.07, 6.45) is 13.0. The summed E-state index contributed by atoms with van der Waals surface area (Å²) in [6, 6.07) is 13.1. The molecular formula is C26H35NO4. The summed E-state index contributed by atoms with van der Waals surface area (Å²) in [5, 5.41) is 11.7. The molecule has 0 spiro atoms. The van der Waals surface area contributed by atoms with E-state index in [1.807, 2.05) is 0 Å². The van der Waals surface area contributed by atoms with Gasteiger partial charge in [-0.2, -0.15) is 0 Å². The van der Waals surface area contributed by atoms with Crippen LogP contribution < -0.4 is 10.1 Å². The van der Waals surface area contributed by atoms with Crippen LogP contribution >= 0.6 is 0 Å². The molecule has 0 aromatic heterocycles. The standard InChI is InChI=1S/C26H35NO4/c1-2-3-4-5-6-7-8-9-10-11-20-31-24-18-14-21(15-19-24)25(28)27-23-16-12-22(13-17-23)26(29)30/h12-19H,2-11,20H2,1H3,(H,27,28)(H,29,30). The topological polar surface area (TPSA) is 75.6 Å². The van der Waals surface area contributed by atoms with E-state index in [2.05, 4.69) is 12.2 Å². The van der Waals surface area contributed by atoms with E-state index < -0.39 is 5.97 Å². The fourth-order valence-corrected chi connectivity index (χ4v) is 3.38. The van der Waals surface area contributed by atoms with Crippen molar-refractivity contribution in [3.63, 3.8) is 0 Å². The van der Waals surface area contributed by atoms with Gasteiger partial charge in [0.2, 0.25) is 0 Å². The number of nitrogens with one attached hydrogen (secondary N) is 1. The van der Waals surface area contributed by atoms with Gasteiger partial charge in [0, 0.05) is 11.3 Å². The molecule has 0 unspecified atom stereocenters. The average Bonchev–Trinajstić information content (AvgIpc) is 2.78. The van der Waals surface area contributed by atoms with E-state index in [-0.39, 0.29) is 11.5 Å². The smallest absolute Gasteiger partial charge is 0.335 e. The van der Waals surface area contributed by atoms with Crippen molar-refractivity contribution in [2.45, 2.75) is 71.1 Å². The molecule has 5 heteroatoms. The van der Waals surface area contributed by atoms with Crippen molar-refractivity contribution in [1.82, 2.24) is 0 Å². The van der Waals surface area contributed by atoms with E-state index in [4.69, 9.17) is 9.84 Å². The van der Waals surface area contributed by atoms with Crippen molar-refractivity contribution in [2.24, 2.45) is 0 Å². The maximum atomic E-state index is 12.3. The van der Waals surface area contributed by atoms with Crippen LogP contribution in [0.2, 0.25) is 0 Å². The number of amides is 1. The van der Waals surface area contributed by atoms with Crippen LogP contribution in [0.3, 0.4) is 0 Å². The molecule has 0 saturated heterocycles. The number of anilines is 1. The predicted octanol–water partition coefficient (Wildman–Crippen LogP) is 6.94. The van der Waals surface area contributed by atoms with Gasteiger partial charge >= 0.3 is 5.97 Å². The Morgan fingerprint density at radius 1 is 0.742 bits per heavy atom. The molecule has 2 aromatic rings. The van der Waals surface area contributed by atoms with Gasteiger partial charge in [0.05, 0.1) is 12.2 Å². The van der Waals surface area contributed by atoms with E-state index in [9.17, 15) is 9.59 Å². The highest BCUT2D eigenvalue weighted by Crippen LogP contribution is 2.16. The molecule has 2 N–H and O–H groups in total. The molecule has 1 amide bonds. The second-order valence-corrected chi connectivity index (χ2v) is 7.89. The van der Waals surface area contributed by atoms with Crippen LogP contribution in [0.4, 0.5) is 5.69 Å². The summed E-state index contributed by atoms with van der Waals surface area (Å²) in [5.41, 5.74) is 1.26. The van der Waals surface area contributed by atoms with E-state index in [0.29, 0.717) is 17.9 Å². The Kier molecular flexibility index (Phi) is 11.2. The molecule has 31 heavy (non-hydrogen) atoms. The van der Waals surface area contributed by atoms with Gasteiger partial charge in [0.1, 0.15) is 5.75 Å². The molecule has 0 bridgehead atoms. The van der Waals surface area contributed by atoms with Gasteiger partial charge in [0.15, 0.2) is 0 Å². The van der Waals surface area contributed by atoms with Gasteiger partial charge in [-0.05, 0) is 55.0 Å². The Labute approximate surface area is 185 Å². The number of hydrogen-bond acceptors (Lipinski definition) is 3. The van der Waals surface area contributed by atoms with E-state index >= 15 is 0 Å². The Bertz CT molecular complexity index is 784. The SMILES string of the molecule is CCCCCCCCCCCCOc1ccc(C(=O)Nc2ccc(C(=O)O)cc2)cc1. The minimum Gasteiger partial charge on any atom is -0.494 e. The first-order valence-corrected chi connectivity index (χ1v) is 11.5. The van der Waals surface area contributed by atoms with Crippen LogP contribution in [0.15, 0.2) is 48.5 Å². The van der Waals surface area contributed by atoms with Crippen molar-refractivity contribution in [3.05, 3.63) is 59.7 Å². The fourth-order valence-electron chi connectivity index (χ4n) is 3.38. The lowest BCUT2D eigenvalue weighted by atomic mass is 10.1. The molecule has 0 saturated carbocycles. The molecule has 0 heterocycles.